The van der Waals surface area contributed by atoms with E-state index in [1.54, 1.807) is 25.1 Å². The number of nitrogens with one attached hydrogen (secondary N) is 2. The van der Waals surface area contributed by atoms with Gasteiger partial charge in [0.2, 0.25) is 11.8 Å². The van der Waals surface area contributed by atoms with E-state index < -0.39 is 6.10 Å². The van der Waals surface area contributed by atoms with E-state index in [0.717, 1.165) is 10.6 Å². The second-order valence-electron chi connectivity index (χ2n) is 6.24. The van der Waals surface area contributed by atoms with Crippen LogP contribution in [0.25, 0.3) is 0 Å². The summed E-state index contributed by atoms with van der Waals surface area (Å²) < 4.78 is 5.50. The van der Waals surface area contributed by atoms with Crippen LogP contribution in [0.5, 0.6) is 5.75 Å². The maximum atomic E-state index is 12.5. The number of para-hydroxylation sites is 1. The maximum Gasteiger partial charge on any atom is 0.265 e. The van der Waals surface area contributed by atoms with Crippen LogP contribution in [0.2, 0.25) is 0 Å². The number of nitrogens with zero attached hydrogens (tertiary/aromatic N) is 1. The van der Waals surface area contributed by atoms with Crippen molar-refractivity contribution in [3.63, 3.8) is 0 Å². The van der Waals surface area contributed by atoms with Crippen LogP contribution in [0.1, 0.15) is 6.92 Å². The van der Waals surface area contributed by atoms with Crippen molar-refractivity contribution >= 4 is 46.5 Å². The average Bonchev–Trinajstić information content (AvgIpc) is 2.65. The molecule has 0 fully saturated rings. The molecular weight excluding hydrogens is 366 g/mol. The van der Waals surface area contributed by atoms with Gasteiger partial charge in [0.1, 0.15) is 12.3 Å². The van der Waals surface area contributed by atoms with Crippen molar-refractivity contribution in [3.05, 3.63) is 42.5 Å². The second kappa shape index (κ2) is 6.96. The number of rotatable bonds is 3. The molecule has 0 unspecified atom stereocenters. The van der Waals surface area contributed by atoms with Gasteiger partial charge in [-0.25, -0.2) is 0 Å². The molecule has 0 saturated carbocycles. The third-order valence-corrected chi connectivity index (χ3v) is 5.35. The number of carbonyl (C=O) groups is 3. The van der Waals surface area contributed by atoms with Gasteiger partial charge in [-0.3, -0.25) is 14.4 Å². The first-order valence-corrected chi connectivity index (χ1v) is 9.43. The first-order chi connectivity index (χ1) is 13.0. The van der Waals surface area contributed by atoms with Crippen molar-refractivity contribution in [3.8, 4) is 5.75 Å². The zero-order valence-corrected chi connectivity index (χ0v) is 15.3. The lowest BCUT2D eigenvalue weighted by molar-refractivity contribution is -0.122. The van der Waals surface area contributed by atoms with Crippen LogP contribution in [-0.2, 0) is 14.4 Å². The maximum absolute atomic E-state index is 12.5. The standard InChI is InChI=1S/C19H17N3O4S/c1-11-19(25)21-13-8-12(6-7-15(13)26-11)20-17(23)9-22-14-4-2-3-5-16(14)27-10-18(22)24/h2-8,11H,9-10H2,1H3,(H,20,23)(H,21,25)/t11-/m0/s1. The molecule has 2 aromatic carbocycles. The van der Waals surface area contributed by atoms with Gasteiger partial charge in [0, 0.05) is 10.6 Å². The fraction of sp³-hybridized carbons (Fsp3) is 0.211. The summed E-state index contributed by atoms with van der Waals surface area (Å²) in [6, 6.07) is 12.5. The predicted molar refractivity (Wildman–Crippen MR) is 103 cm³/mol. The molecule has 3 amide bonds. The van der Waals surface area contributed by atoms with E-state index in [2.05, 4.69) is 10.6 Å². The normalized spacial score (nSPS) is 18.1. The summed E-state index contributed by atoms with van der Waals surface area (Å²) >= 11 is 1.47. The van der Waals surface area contributed by atoms with Crippen LogP contribution in [-0.4, -0.2) is 36.1 Å². The first-order valence-electron chi connectivity index (χ1n) is 8.45. The molecule has 27 heavy (non-hydrogen) atoms. The number of hydrogen-bond donors (Lipinski definition) is 2. The van der Waals surface area contributed by atoms with Crippen molar-refractivity contribution in [1.29, 1.82) is 0 Å². The molecule has 0 saturated heterocycles. The lowest BCUT2D eigenvalue weighted by Gasteiger charge is -2.28. The average molecular weight is 383 g/mol. The molecule has 2 heterocycles. The molecule has 0 radical (unpaired) electrons. The van der Waals surface area contributed by atoms with Gasteiger partial charge < -0.3 is 20.3 Å². The number of anilines is 3. The van der Waals surface area contributed by atoms with Gasteiger partial charge in [-0.15, -0.1) is 11.8 Å². The van der Waals surface area contributed by atoms with Gasteiger partial charge in [-0.05, 0) is 37.3 Å². The summed E-state index contributed by atoms with van der Waals surface area (Å²) in [6.45, 7) is 1.59. The van der Waals surface area contributed by atoms with Crippen molar-refractivity contribution in [1.82, 2.24) is 0 Å². The molecule has 2 N–H and O–H groups in total. The number of carbonyl (C=O) groups excluding carboxylic acids is 3. The molecule has 0 aromatic heterocycles. The minimum Gasteiger partial charge on any atom is -0.479 e. The highest BCUT2D eigenvalue weighted by molar-refractivity contribution is 8.00. The smallest absolute Gasteiger partial charge is 0.265 e. The number of fused-ring (bicyclic) bond motifs is 2. The first kappa shape index (κ1) is 17.4. The highest BCUT2D eigenvalue weighted by atomic mass is 32.2. The summed E-state index contributed by atoms with van der Waals surface area (Å²) in [6.07, 6.45) is -0.555. The van der Waals surface area contributed by atoms with Crippen LogP contribution < -0.4 is 20.3 Å². The Balaban J connectivity index is 1.48. The monoisotopic (exact) mass is 383 g/mol. The molecule has 8 heteroatoms. The third-order valence-electron chi connectivity index (χ3n) is 4.30. The molecular formula is C19H17N3O4S. The summed E-state index contributed by atoms with van der Waals surface area (Å²) in [4.78, 5) is 39.0. The van der Waals surface area contributed by atoms with Crippen molar-refractivity contribution in [2.24, 2.45) is 0 Å². The summed E-state index contributed by atoms with van der Waals surface area (Å²) in [5.74, 6) is 0.205. The summed E-state index contributed by atoms with van der Waals surface area (Å²) in [7, 11) is 0. The molecule has 7 nitrogen and oxygen atoms in total. The van der Waals surface area contributed by atoms with E-state index in [-0.39, 0.29) is 24.3 Å². The lowest BCUT2D eigenvalue weighted by atomic mass is 10.2. The molecule has 0 aliphatic carbocycles. The number of ether oxygens (including phenoxy) is 1. The Bertz CT molecular complexity index is 946. The van der Waals surface area contributed by atoms with Crippen molar-refractivity contribution < 1.29 is 19.1 Å². The molecule has 2 aliphatic rings. The van der Waals surface area contributed by atoms with E-state index in [9.17, 15) is 14.4 Å². The molecule has 1 atom stereocenters. The quantitative estimate of drug-likeness (QED) is 0.850. The van der Waals surface area contributed by atoms with Crippen molar-refractivity contribution in [2.45, 2.75) is 17.9 Å². The Morgan fingerprint density at radius 2 is 2.11 bits per heavy atom. The van der Waals surface area contributed by atoms with E-state index in [0.29, 0.717) is 22.9 Å². The number of thioether (sulfide) groups is 1. The van der Waals surface area contributed by atoms with Crippen molar-refractivity contribution in [2.75, 3.05) is 27.8 Å². The van der Waals surface area contributed by atoms with Gasteiger partial charge in [-0.2, -0.15) is 0 Å². The Labute approximate surface area is 160 Å². The SMILES string of the molecule is C[C@@H]1Oc2ccc(NC(=O)CN3C(=O)CSc4ccccc43)cc2NC1=O. The van der Waals surface area contributed by atoms with Crippen LogP contribution >= 0.6 is 11.8 Å². The second-order valence-corrected chi connectivity index (χ2v) is 7.26. The van der Waals surface area contributed by atoms with E-state index >= 15 is 0 Å². The highest BCUT2D eigenvalue weighted by Crippen LogP contribution is 2.35. The molecule has 0 spiro atoms. The number of hydrogen-bond acceptors (Lipinski definition) is 5. The largest absolute Gasteiger partial charge is 0.479 e. The number of benzene rings is 2. The zero-order valence-electron chi connectivity index (χ0n) is 14.5. The fourth-order valence-corrected chi connectivity index (χ4v) is 3.89. The Morgan fingerprint density at radius 1 is 1.30 bits per heavy atom. The van der Waals surface area contributed by atoms with Crippen LogP contribution in [0.3, 0.4) is 0 Å². The Hall–Kier alpha value is -3.00. The van der Waals surface area contributed by atoms with Gasteiger partial charge >= 0.3 is 0 Å². The third kappa shape index (κ3) is 3.48. The van der Waals surface area contributed by atoms with E-state index in [1.807, 2.05) is 24.3 Å². The number of amides is 3. The highest BCUT2D eigenvalue weighted by Gasteiger charge is 2.27. The Morgan fingerprint density at radius 3 is 2.96 bits per heavy atom. The molecule has 0 bridgehead atoms. The predicted octanol–water partition coefficient (Wildman–Crippen LogP) is 2.48. The molecule has 4 rings (SSSR count). The van der Waals surface area contributed by atoms with Gasteiger partial charge in [0.25, 0.3) is 5.91 Å². The van der Waals surface area contributed by atoms with Gasteiger partial charge in [0.05, 0.1) is 17.1 Å². The van der Waals surface area contributed by atoms with E-state index in [1.165, 1.54) is 16.7 Å². The Kier molecular flexibility index (Phi) is 4.49. The minimum atomic E-state index is -0.555. The van der Waals surface area contributed by atoms with Crippen LogP contribution in [0, 0.1) is 0 Å². The van der Waals surface area contributed by atoms with Gasteiger partial charge in [0.15, 0.2) is 6.10 Å². The fourth-order valence-electron chi connectivity index (χ4n) is 2.96. The molecule has 138 valence electrons. The topological polar surface area (TPSA) is 87.7 Å². The van der Waals surface area contributed by atoms with Crippen LogP contribution in [0.15, 0.2) is 47.4 Å². The molecule has 2 aliphatic heterocycles. The summed E-state index contributed by atoms with van der Waals surface area (Å²) in [5, 5.41) is 5.51. The molecule has 2 aromatic rings. The minimum absolute atomic E-state index is 0.0760. The zero-order chi connectivity index (χ0) is 19.0. The van der Waals surface area contributed by atoms with E-state index in [4.69, 9.17) is 4.74 Å². The van der Waals surface area contributed by atoms with Gasteiger partial charge in [-0.1, -0.05) is 12.1 Å². The summed E-state index contributed by atoms with van der Waals surface area (Å²) in [5.41, 5.74) is 1.77. The lowest BCUT2D eigenvalue weighted by Crippen LogP contribution is -2.41. The van der Waals surface area contributed by atoms with Crippen LogP contribution in [0.4, 0.5) is 17.1 Å².